The molecule has 4 N–H and O–H groups in total. The molecule has 1 heterocycles. The molecule has 0 saturated heterocycles. The lowest BCUT2D eigenvalue weighted by Gasteiger charge is -2.08. The molecular weight excluding hydrogens is 332 g/mol. The first-order chi connectivity index (χ1) is 9.10. The van der Waals surface area contributed by atoms with Gasteiger partial charge in [-0.25, -0.2) is 10.8 Å². The van der Waals surface area contributed by atoms with Crippen molar-refractivity contribution in [1.82, 2.24) is 4.98 Å². The number of pyridine rings is 1. The molecule has 0 aliphatic rings. The first-order valence-corrected chi connectivity index (χ1v) is 6.46. The third kappa shape index (κ3) is 3.44. The van der Waals surface area contributed by atoms with Gasteiger partial charge in [0.15, 0.2) is 0 Å². The number of nitrogens with two attached hydrogens (primary N) is 1. The maximum absolute atomic E-state index is 12.0. The molecular formula is C12H10BrClN4O. The summed E-state index contributed by atoms with van der Waals surface area (Å²) >= 11 is 9.16. The third-order valence-electron chi connectivity index (χ3n) is 2.35. The van der Waals surface area contributed by atoms with Gasteiger partial charge in [-0.1, -0.05) is 11.6 Å². The average molecular weight is 342 g/mol. The molecule has 98 valence electrons. The number of carbonyl (C=O) groups is 1. The number of halogens is 2. The van der Waals surface area contributed by atoms with E-state index in [0.717, 1.165) is 0 Å². The fourth-order valence-electron chi connectivity index (χ4n) is 1.40. The number of hydrogen-bond donors (Lipinski definition) is 3. The molecule has 5 nitrogen and oxygen atoms in total. The molecule has 1 aromatic carbocycles. The normalized spacial score (nSPS) is 10.1. The molecule has 1 amide bonds. The van der Waals surface area contributed by atoms with Crippen molar-refractivity contribution in [2.75, 3.05) is 10.7 Å². The Kier molecular flexibility index (Phi) is 4.36. The number of amides is 1. The van der Waals surface area contributed by atoms with E-state index in [1.807, 2.05) is 0 Å². The molecule has 0 unspecified atom stereocenters. The minimum Gasteiger partial charge on any atom is -0.321 e. The van der Waals surface area contributed by atoms with Crippen molar-refractivity contribution in [3.63, 3.8) is 0 Å². The lowest BCUT2D eigenvalue weighted by Crippen LogP contribution is -2.14. The minimum absolute atomic E-state index is 0.265. The van der Waals surface area contributed by atoms with Gasteiger partial charge in [0.2, 0.25) is 0 Å². The smallest absolute Gasteiger partial charge is 0.257 e. The van der Waals surface area contributed by atoms with Crippen LogP contribution in [0.25, 0.3) is 0 Å². The van der Waals surface area contributed by atoms with Crippen LogP contribution in [-0.4, -0.2) is 10.9 Å². The Morgan fingerprint density at radius 2 is 2.11 bits per heavy atom. The molecule has 2 aromatic rings. The molecule has 1 aromatic heterocycles. The average Bonchev–Trinajstić information content (AvgIpc) is 2.42. The molecule has 0 spiro atoms. The van der Waals surface area contributed by atoms with Gasteiger partial charge in [-0.15, -0.1) is 0 Å². The number of aromatic nitrogens is 1. The molecule has 0 fully saturated rings. The van der Waals surface area contributed by atoms with Crippen LogP contribution in [0.3, 0.4) is 0 Å². The van der Waals surface area contributed by atoms with E-state index in [4.69, 9.17) is 17.4 Å². The summed E-state index contributed by atoms with van der Waals surface area (Å²) in [5, 5.41) is 3.34. The molecule has 0 bridgehead atoms. The van der Waals surface area contributed by atoms with Crippen LogP contribution in [0.1, 0.15) is 10.4 Å². The predicted molar refractivity (Wildman–Crippen MR) is 79.2 cm³/mol. The van der Waals surface area contributed by atoms with Gasteiger partial charge in [0.1, 0.15) is 5.82 Å². The lowest BCUT2D eigenvalue weighted by atomic mass is 10.2. The molecule has 0 atom stereocenters. The van der Waals surface area contributed by atoms with Crippen LogP contribution in [0.15, 0.2) is 41.0 Å². The van der Waals surface area contributed by atoms with Crippen molar-refractivity contribution in [3.05, 3.63) is 51.6 Å². The molecule has 7 heteroatoms. The van der Waals surface area contributed by atoms with Crippen LogP contribution in [0, 0.1) is 0 Å². The second kappa shape index (κ2) is 6.01. The van der Waals surface area contributed by atoms with E-state index in [1.165, 1.54) is 6.20 Å². The molecule has 0 aliphatic carbocycles. The van der Waals surface area contributed by atoms with Gasteiger partial charge in [-0.3, -0.25) is 4.79 Å². The number of carbonyl (C=O) groups excluding carboxylic acids is 1. The summed E-state index contributed by atoms with van der Waals surface area (Å²) in [6.07, 6.45) is 1.44. The van der Waals surface area contributed by atoms with E-state index in [1.54, 1.807) is 30.3 Å². The number of nitrogens with zero attached hydrogens (tertiary/aromatic N) is 1. The summed E-state index contributed by atoms with van der Waals surface area (Å²) in [7, 11) is 0. The standard InChI is InChI=1S/C12H10BrClN4O/c13-9-5-8(14)2-3-10(9)17-12(19)7-1-4-11(18-15)16-6-7/h1-6H,15H2,(H,16,18)(H,17,19). The Hall–Kier alpha value is -1.63. The summed E-state index contributed by atoms with van der Waals surface area (Å²) < 4.78 is 0.710. The fraction of sp³-hybridized carbons (Fsp3) is 0. The van der Waals surface area contributed by atoms with Gasteiger partial charge in [0, 0.05) is 15.7 Å². The van der Waals surface area contributed by atoms with Crippen LogP contribution < -0.4 is 16.6 Å². The molecule has 19 heavy (non-hydrogen) atoms. The Bertz CT molecular complexity index is 603. The summed E-state index contributed by atoms with van der Waals surface area (Å²) in [6, 6.07) is 8.36. The van der Waals surface area contributed by atoms with E-state index >= 15 is 0 Å². The fourth-order valence-corrected chi connectivity index (χ4v) is 2.18. The number of nitrogen functional groups attached to an aromatic ring is 1. The Morgan fingerprint density at radius 3 is 2.68 bits per heavy atom. The molecule has 0 radical (unpaired) electrons. The van der Waals surface area contributed by atoms with Crippen LogP contribution in [-0.2, 0) is 0 Å². The number of rotatable bonds is 3. The summed E-state index contributed by atoms with van der Waals surface area (Å²) in [5.41, 5.74) is 3.46. The Labute approximate surface area is 123 Å². The number of anilines is 2. The van der Waals surface area contributed by atoms with Gasteiger partial charge >= 0.3 is 0 Å². The zero-order valence-electron chi connectivity index (χ0n) is 9.65. The first kappa shape index (κ1) is 13.8. The van der Waals surface area contributed by atoms with Gasteiger partial charge in [0.25, 0.3) is 5.91 Å². The van der Waals surface area contributed by atoms with E-state index in [0.29, 0.717) is 26.6 Å². The van der Waals surface area contributed by atoms with Crippen LogP contribution in [0.4, 0.5) is 11.5 Å². The molecule has 2 rings (SSSR count). The minimum atomic E-state index is -0.265. The highest BCUT2D eigenvalue weighted by Gasteiger charge is 2.09. The quantitative estimate of drug-likeness (QED) is 0.592. The van der Waals surface area contributed by atoms with Gasteiger partial charge in [0.05, 0.1) is 11.3 Å². The monoisotopic (exact) mass is 340 g/mol. The highest BCUT2D eigenvalue weighted by molar-refractivity contribution is 9.10. The van der Waals surface area contributed by atoms with Gasteiger partial charge < -0.3 is 10.7 Å². The maximum atomic E-state index is 12.0. The van der Waals surface area contributed by atoms with Crippen molar-refractivity contribution in [1.29, 1.82) is 0 Å². The van der Waals surface area contributed by atoms with E-state index in [2.05, 4.69) is 31.7 Å². The number of benzene rings is 1. The Balaban J connectivity index is 2.15. The summed E-state index contributed by atoms with van der Waals surface area (Å²) in [4.78, 5) is 16.0. The predicted octanol–water partition coefficient (Wildman–Crippen LogP) is 3.04. The second-order valence-electron chi connectivity index (χ2n) is 3.65. The highest BCUT2D eigenvalue weighted by Crippen LogP contribution is 2.26. The van der Waals surface area contributed by atoms with Crippen molar-refractivity contribution < 1.29 is 4.79 Å². The highest BCUT2D eigenvalue weighted by atomic mass is 79.9. The van der Waals surface area contributed by atoms with E-state index in [9.17, 15) is 4.79 Å². The third-order valence-corrected chi connectivity index (χ3v) is 3.24. The molecule has 0 aliphatic heterocycles. The Morgan fingerprint density at radius 1 is 1.32 bits per heavy atom. The van der Waals surface area contributed by atoms with Crippen molar-refractivity contribution in [3.8, 4) is 0 Å². The van der Waals surface area contributed by atoms with Crippen molar-refractivity contribution in [2.45, 2.75) is 0 Å². The van der Waals surface area contributed by atoms with Gasteiger partial charge in [-0.05, 0) is 46.3 Å². The van der Waals surface area contributed by atoms with Gasteiger partial charge in [-0.2, -0.15) is 0 Å². The zero-order valence-corrected chi connectivity index (χ0v) is 12.0. The van der Waals surface area contributed by atoms with E-state index < -0.39 is 0 Å². The van der Waals surface area contributed by atoms with Crippen LogP contribution >= 0.6 is 27.5 Å². The van der Waals surface area contributed by atoms with E-state index in [-0.39, 0.29) is 5.91 Å². The lowest BCUT2D eigenvalue weighted by molar-refractivity contribution is 0.102. The topological polar surface area (TPSA) is 80.0 Å². The first-order valence-electron chi connectivity index (χ1n) is 5.29. The van der Waals surface area contributed by atoms with Crippen LogP contribution in [0.5, 0.6) is 0 Å². The van der Waals surface area contributed by atoms with Crippen molar-refractivity contribution >= 4 is 44.9 Å². The largest absolute Gasteiger partial charge is 0.321 e. The van der Waals surface area contributed by atoms with Crippen molar-refractivity contribution in [2.24, 2.45) is 5.84 Å². The number of hydrazine groups is 1. The summed E-state index contributed by atoms with van der Waals surface area (Å²) in [5.74, 6) is 5.43. The number of nitrogens with one attached hydrogen (secondary N) is 2. The maximum Gasteiger partial charge on any atom is 0.257 e. The number of hydrogen-bond acceptors (Lipinski definition) is 4. The van der Waals surface area contributed by atoms with Crippen LogP contribution in [0.2, 0.25) is 5.02 Å². The summed E-state index contributed by atoms with van der Waals surface area (Å²) in [6.45, 7) is 0. The SMILES string of the molecule is NNc1ccc(C(=O)Nc2ccc(Cl)cc2Br)cn1. The zero-order chi connectivity index (χ0) is 13.8. The molecule has 0 saturated carbocycles. The second-order valence-corrected chi connectivity index (χ2v) is 4.95.